The summed E-state index contributed by atoms with van der Waals surface area (Å²) in [6.07, 6.45) is 0. The monoisotopic (exact) mass is 876 g/mol. The van der Waals surface area contributed by atoms with Crippen molar-refractivity contribution in [3.8, 4) is 78.7 Å². The fraction of sp³-hybridized carbons (Fsp3) is 0.121. The van der Waals surface area contributed by atoms with Crippen molar-refractivity contribution in [3.05, 3.63) is 242 Å². The first-order valence-corrected chi connectivity index (χ1v) is 23.9. The highest BCUT2D eigenvalue weighted by Crippen LogP contribution is 2.47. The third-order valence-corrected chi connectivity index (χ3v) is 13.7. The highest BCUT2D eigenvalue weighted by Gasteiger charge is 2.23. The molecule has 0 unspecified atom stereocenters. The van der Waals surface area contributed by atoms with E-state index in [1.165, 1.54) is 77.2 Å². The summed E-state index contributed by atoms with van der Waals surface area (Å²) in [6.45, 7) is 13.8. The molecule has 0 spiro atoms. The predicted octanol–water partition coefficient (Wildman–Crippen LogP) is 18.2. The summed E-state index contributed by atoms with van der Waals surface area (Å²) in [5, 5.41) is 4.85. The van der Waals surface area contributed by atoms with Crippen LogP contribution in [0, 0.1) is 0 Å². The van der Waals surface area contributed by atoms with Crippen LogP contribution < -0.4 is 0 Å². The summed E-state index contributed by atoms with van der Waals surface area (Å²) in [5.74, 6) is 0. The van der Waals surface area contributed by atoms with E-state index in [0.29, 0.717) is 0 Å². The molecule has 2 heteroatoms. The van der Waals surface area contributed by atoms with Crippen LogP contribution in [0.5, 0.6) is 0 Å². The highest BCUT2D eigenvalue weighted by atomic mass is 15.0. The molecule has 2 nitrogen and oxygen atoms in total. The first-order valence-electron chi connectivity index (χ1n) is 23.9. The Balaban J connectivity index is 1.25. The minimum absolute atomic E-state index is 0.0214. The molecular weight excluding hydrogens is 821 g/mol. The fourth-order valence-electron chi connectivity index (χ4n) is 10.1. The molecule has 0 fully saturated rings. The van der Waals surface area contributed by atoms with Gasteiger partial charge in [0.15, 0.2) is 0 Å². The molecule has 11 rings (SSSR count). The number of rotatable bonds is 8. The van der Waals surface area contributed by atoms with Crippen LogP contribution >= 0.6 is 0 Å². The Kier molecular flexibility index (Phi) is 10.7. The van der Waals surface area contributed by atoms with Crippen molar-refractivity contribution >= 4 is 21.5 Å². The second-order valence-corrected chi connectivity index (χ2v) is 20.2. The van der Waals surface area contributed by atoms with Gasteiger partial charge in [-0.3, -0.25) is 0 Å². The van der Waals surface area contributed by atoms with Crippen LogP contribution in [0.2, 0.25) is 0 Å². The summed E-state index contributed by atoms with van der Waals surface area (Å²) in [5.41, 5.74) is 19.1. The lowest BCUT2D eigenvalue weighted by molar-refractivity contribution is 0.590. The maximum absolute atomic E-state index is 2.45. The van der Waals surface area contributed by atoms with Gasteiger partial charge in [-0.25, -0.2) is 0 Å². The zero-order valence-electron chi connectivity index (χ0n) is 39.8. The van der Waals surface area contributed by atoms with Crippen molar-refractivity contribution in [2.75, 3.05) is 0 Å². The Morgan fingerprint density at radius 1 is 0.250 bits per heavy atom. The van der Waals surface area contributed by atoms with E-state index in [-0.39, 0.29) is 10.8 Å². The Morgan fingerprint density at radius 3 is 0.794 bits per heavy atom. The van der Waals surface area contributed by atoms with Crippen LogP contribution in [0.15, 0.2) is 231 Å². The normalized spacial score (nSPS) is 12.0. The summed E-state index contributed by atoms with van der Waals surface area (Å²) in [4.78, 5) is 0. The van der Waals surface area contributed by atoms with Crippen molar-refractivity contribution in [3.63, 3.8) is 0 Å². The second-order valence-electron chi connectivity index (χ2n) is 20.2. The van der Waals surface area contributed by atoms with E-state index in [9.17, 15) is 0 Å². The van der Waals surface area contributed by atoms with Crippen LogP contribution in [-0.2, 0) is 10.8 Å². The Bertz CT molecular complexity index is 3210. The van der Waals surface area contributed by atoms with E-state index in [1.807, 2.05) is 0 Å². The molecule has 68 heavy (non-hydrogen) atoms. The van der Waals surface area contributed by atoms with Crippen LogP contribution in [-0.4, -0.2) is 9.13 Å². The first-order chi connectivity index (χ1) is 33.0. The molecule has 0 N–H and O–H groups in total. The molecule has 0 radical (unpaired) electrons. The van der Waals surface area contributed by atoms with Crippen LogP contribution in [0.25, 0.3) is 100 Å². The molecule has 2 heterocycles. The van der Waals surface area contributed by atoms with Gasteiger partial charge in [-0.1, -0.05) is 224 Å². The lowest BCUT2D eigenvalue weighted by Crippen LogP contribution is -2.10. The maximum Gasteiger partial charge on any atom is 0.0535 e. The molecule has 0 aliphatic rings. The summed E-state index contributed by atoms with van der Waals surface area (Å²) in [7, 11) is 0. The predicted molar refractivity (Wildman–Crippen MR) is 290 cm³/mol. The zero-order valence-corrected chi connectivity index (χ0v) is 39.8. The Morgan fingerprint density at radius 2 is 0.529 bits per heavy atom. The van der Waals surface area contributed by atoms with Gasteiger partial charge in [-0.2, -0.15) is 0 Å². The van der Waals surface area contributed by atoms with Gasteiger partial charge in [-0.05, 0) is 137 Å². The SMILES string of the molecule is CC(C)(C)c1ccc(-c2c3ccc(-n4c(-c5ccccc5)ccc4-c4ccccc4)cc3c(-c3ccc(C(C)(C)C)cc3)c3ccc(-n4c(-c5ccccc5)ccc4-c4ccccc4)cc23)cc1. The van der Waals surface area contributed by atoms with E-state index in [4.69, 9.17) is 0 Å². The van der Waals surface area contributed by atoms with Gasteiger partial charge < -0.3 is 9.13 Å². The molecule has 0 aliphatic heterocycles. The number of fused-ring (bicyclic) bond motifs is 2. The summed E-state index contributed by atoms with van der Waals surface area (Å²) < 4.78 is 4.90. The molecule has 2 aromatic heterocycles. The van der Waals surface area contributed by atoms with Gasteiger partial charge in [0.2, 0.25) is 0 Å². The fourth-order valence-corrected chi connectivity index (χ4v) is 10.1. The van der Waals surface area contributed by atoms with Gasteiger partial charge in [0.1, 0.15) is 0 Å². The average Bonchev–Trinajstić information content (AvgIpc) is 4.02. The first kappa shape index (κ1) is 42.7. The van der Waals surface area contributed by atoms with Crippen molar-refractivity contribution < 1.29 is 0 Å². The second kappa shape index (κ2) is 17.0. The van der Waals surface area contributed by atoms with Gasteiger partial charge in [0.05, 0.1) is 22.8 Å². The number of nitrogens with zero attached hydrogens (tertiary/aromatic N) is 2. The molecule has 0 saturated carbocycles. The average molecular weight is 877 g/mol. The molecule has 0 saturated heterocycles. The van der Waals surface area contributed by atoms with Crippen LogP contribution in [0.1, 0.15) is 52.7 Å². The number of hydrogen-bond donors (Lipinski definition) is 0. The number of aromatic nitrogens is 2. The topological polar surface area (TPSA) is 9.86 Å². The molecule has 0 bridgehead atoms. The largest absolute Gasteiger partial charge is 0.309 e. The van der Waals surface area contributed by atoms with Crippen LogP contribution in [0.4, 0.5) is 0 Å². The summed E-state index contributed by atoms with van der Waals surface area (Å²) >= 11 is 0. The van der Waals surface area contributed by atoms with Gasteiger partial charge in [0, 0.05) is 11.4 Å². The van der Waals surface area contributed by atoms with E-state index in [0.717, 1.165) is 34.2 Å². The molecule has 0 aliphatic carbocycles. The third kappa shape index (κ3) is 7.76. The Hall–Kier alpha value is -7.94. The van der Waals surface area contributed by atoms with E-state index in [1.54, 1.807) is 0 Å². The molecule has 11 aromatic rings. The van der Waals surface area contributed by atoms with E-state index < -0.39 is 0 Å². The highest BCUT2D eigenvalue weighted by molar-refractivity contribution is 6.22. The molecular formula is C66H56N2. The number of hydrogen-bond acceptors (Lipinski definition) is 0. The maximum atomic E-state index is 2.45. The molecule has 330 valence electrons. The standard InChI is InChI=1S/C66H56N2/c1-65(2,3)51-31-27-49(28-32-51)63-55-37-35-54(68-61(47-23-15-9-16-24-47)41-42-62(68)48-25-17-10-18-26-48)44-58(55)64(50-29-33-52(34-30-50)66(4,5)6)56-38-36-53(43-57(56)63)67-59(45-19-11-7-12-20-45)39-40-60(67)46-21-13-8-14-22-46/h7-44H,1-6H3. The summed E-state index contributed by atoms with van der Waals surface area (Å²) in [6, 6.07) is 85.3. The van der Waals surface area contributed by atoms with Gasteiger partial charge in [0.25, 0.3) is 0 Å². The van der Waals surface area contributed by atoms with Crippen molar-refractivity contribution in [2.45, 2.75) is 52.4 Å². The molecule has 0 amide bonds. The van der Waals surface area contributed by atoms with E-state index >= 15 is 0 Å². The number of benzene rings is 9. The quantitative estimate of drug-likeness (QED) is 0.135. The minimum Gasteiger partial charge on any atom is -0.309 e. The van der Waals surface area contributed by atoms with Crippen molar-refractivity contribution in [1.82, 2.24) is 9.13 Å². The molecule has 9 aromatic carbocycles. The van der Waals surface area contributed by atoms with Crippen molar-refractivity contribution in [1.29, 1.82) is 0 Å². The smallest absolute Gasteiger partial charge is 0.0535 e. The van der Waals surface area contributed by atoms with Gasteiger partial charge in [-0.15, -0.1) is 0 Å². The van der Waals surface area contributed by atoms with Crippen molar-refractivity contribution in [2.24, 2.45) is 0 Å². The third-order valence-electron chi connectivity index (χ3n) is 13.7. The van der Waals surface area contributed by atoms with Gasteiger partial charge >= 0.3 is 0 Å². The lowest BCUT2D eigenvalue weighted by atomic mass is 9.82. The Labute approximate surface area is 401 Å². The van der Waals surface area contributed by atoms with Crippen LogP contribution in [0.3, 0.4) is 0 Å². The lowest BCUT2D eigenvalue weighted by Gasteiger charge is -2.23. The molecule has 0 atom stereocenters. The zero-order chi connectivity index (χ0) is 46.6. The minimum atomic E-state index is 0.0214. The van der Waals surface area contributed by atoms with E-state index in [2.05, 4.69) is 281 Å².